The molecule has 8 nitrogen and oxygen atoms in total. The Balaban J connectivity index is 5.02. The predicted molar refractivity (Wildman–Crippen MR) is 64.0 cm³/mol. The third-order valence-corrected chi connectivity index (χ3v) is 1.96. The van der Waals surface area contributed by atoms with Crippen LogP contribution in [0.5, 0.6) is 0 Å². The van der Waals surface area contributed by atoms with E-state index in [2.05, 4.69) is 4.74 Å². The molecule has 8 heteroatoms. The van der Waals surface area contributed by atoms with E-state index in [0.717, 1.165) is 19.3 Å². The van der Waals surface area contributed by atoms with Crippen LogP contribution in [0.25, 0.3) is 0 Å². The first-order chi connectivity index (χ1) is 9.40. The van der Waals surface area contributed by atoms with Crippen LogP contribution in [0.4, 0.5) is 4.79 Å². The summed E-state index contributed by atoms with van der Waals surface area (Å²) in [6.07, 6.45) is 0.855. The highest BCUT2D eigenvalue weighted by atomic mass is 16.6. The molecule has 0 aliphatic carbocycles. The molecule has 0 aliphatic rings. The highest BCUT2D eigenvalue weighted by molar-refractivity contribution is 5.72. The third kappa shape index (κ3) is 4.56. The van der Waals surface area contributed by atoms with E-state index in [1.807, 2.05) is 5.32 Å². The van der Waals surface area contributed by atoms with E-state index in [0.29, 0.717) is 6.61 Å². The van der Waals surface area contributed by atoms with Crippen LogP contribution in [0.1, 0.15) is 13.8 Å². The van der Waals surface area contributed by atoms with E-state index in [1.165, 1.54) is 12.1 Å². The molecule has 0 radical (unpaired) electrons. The number of amides is 1. The Bertz CT molecular complexity index is 528. The number of hydrogen-bond acceptors (Lipinski definition) is 7. The zero-order chi connectivity index (χ0) is 15.6. The maximum atomic E-state index is 11.5. The van der Waals surface area contributed by atoms with E-state index in [-0.39, 0.29) is 0 Å². The lowest BCUT2D eigenvalue weighted by Gasteiger charge is -2.19. The summed E-state index contributed by atoms with van der Waals surface area (Å²) in [5, 5.41) is 37.2. The van der Waals surface area contributed by atoms with Gasteiger partial charge in [0.25, 0.3) is 5.60 Å². The van der Waals surface area contributed by atoms with Crippen LogP contribution in [-0.4, -0.2) is 23.8 Å². The van der Waals surface area contributed by atoms with Crippen LogP contribution < -0.4 is 5.32 Å². The van der Waals surface area contributed by atoms with Crippen molar-refractivity contribution >= 4 is 6.09 Å². The number of rotatable bonds is 5. The van der Waals surface area contributed by atoms with Gasteiger partial charge in [-0.25, -0.2) is 4.79 Å². The third-order valence-electron chi connectivity index (χ3n) is 1.96. The fourth-order valence-corrected chi connectivity index (χ4v) is 0.886. The number of alkyl carbamates (subject to hydrolysis) is 1. The number of ether oxygens (including phenoxy) is 2. The first kappa shape index (κ1) is 16.8. The first-order valence-electron chi connectivity index (χ1n) is 5.36. The fraction of sp³-hybridized carbons (Fsp3) is 0.417. The van der Waals surface area contributed by atoms with E-state index in [1.54, 1.807) is 19.1 Å². The highest BCUT2D eigenvalue weighted by Gasteiger charge is 2.34. The molecule has 0 bridgehead atoms. The summed E-state index contributed by atoms with van der Waals surface area (Å²) in [5.41, 5.74) is -4.03. The Hall–Kier alpha value is -3.23. The Kier molecular flexibility index (Phi) is 6.09. The lowest BCUT2D eigenvalue weighted by atomic mass is 10.1. The Labute approximate surface area is 116 Å². The van der Waals surface area contributed by atoms with E-state index < -0.39 is 17.2 Å². The van der Waals surface area contributed by atoms with Gasteiger partial charge in [-0.3, -0.25) is 5.32 Å². The van der Waals surface area contributed by atoms with Gasteiger partial charge >= 0.3 is 6.09 Å². The molecule has 0 rings (SSSR count). The smallest absolute Gasteiger partial charge is 0.411 e. The molecule has 1 N–H and O–H groups in total. The summed E-state index contributed by atoms with van der Waals surface area (Å²) in [5.74, 6) is 0. The van der Waals surface area contributed by atoms with Crippen molar-refractivity contribution in [1.29, 1.82) is 21.0 Å². The molecule has 0 fully saturated rings. The molecule has 0 atom stereocenters. The zero-order valence-electron chi connectivity index (χ0n) is 10.9. The number of nitriles is 4. The van der Waals surface area contributed by atoms with E-state index >= 15 is 0 Å². The monoisotopic (exact) mass is 273 g/mol. The van der Waals surface area contributed by atoms with Crippen LogP contribution >= 0.6 is 0 Å². The summed E-state index contributed by atoms with van der Waals surface area (Å²) in [6, 6.07) is 6.10. The summed E-state index contributed by atoms with van der Waals surface area (Å²) in [7, 11) is 0. The minimum absolute atomic E-state index is 0.314. The van der Waals surface area contributed by atoms with Gasteiger partial charge in [0.05, 0.1) is 12.9 Å². The quantitative estimate of drug-likeness (QED) is 0.731. The largest absolute Gasteiger partial charge is 0.502 e. The molecule has 0 aromatic heterocycles. The molecule has 0 aromatic carbocycles. The lowest BCUT2D eigenvalue weighted by molar-refractivity contribution is 0.0951. The van der Waals surface area contributed by atoms with Gasteiger partial charge in [-0.15, -0.1) is 0 Å². The van der Waals surface area contributed by atoms with Crippen molar-refractivity contribution in [2.45, 2.75) is 25.0 Å². The Morgan fingerprint density at radius 1 is 1.20 bits per heavy atom. The number of hydrogen-bond donors (Lipinski definition) is 1. The molecule has 0 saturated carbocycles. The second-order valence-corrected chi connectivity index (χ2v) is 3.56. The standard InChI is InChI=1S/C12H11N5O3/c1-3-19-5-4-12(8-15,9-16)17-10(18)20-11(2,6-13)7-14/h4-5H,3H2,1-2H3,(H,17,18)/b5-4+. The van der Waals surface area contributed by atoms with Crippen molar-refractivity contribution in [3.05, 3.63) is 12.3 Å². The molecule has 0 spiro atoms. The molecule has 102 valence electrons. The van der Waals surface area contributed by atoms with Crippen molar-refractivity contribution < 1.29 is 14.3 Å². The number of carbonyl (C=O) groups is 1. The van der Waals surface area contributed by atoms with Gasteiger partial charge in [0, 0.05) is 13.0 Å². The number of nitrogens with one attached hydrogen (secondary N) is 1. The summed E-state index contributed by atoms with van der Waals surface area (Å²) in [6.45, 7) is 3.08. The van der Waals surface area contributed by atoms with Crippen molar-refractivity contribution in [2.24, 2.45) is 0 Å². The molecule has 0 aromatic rings. The summed E-state index contributed by atoms with van der Waals surface area (Å²) < 4.78 is 9.39. The van der Waals surface area contributed by atoms with E-state index in [9.17, 15) is 4.79 Å². The van der Waals surface area contributed by atoms with Crippen molar-refractivity contribution in [3.8, 4) is 24.3 Å². The van der Waals surface area contributed by atoms with Crippen molar-refractivity contribution in [3.63, 3.8) is 0 Å². The normalized spacial score (nSPS) is 10.5. The maximum absolute atomic E-state index is 11.5. The second-order valence-electron chi connectivity index (χ2n) is 3.56. The Morgan fingerprint density at radius 2 is 1.75 bits per heavy atom. The number of nitrogens with zero attached hydrogens (tertiary/aromatic N) is 4. The molecule has 20 heavy (non-hydrogen) atoms. The van der Waals surface area contributed by atoms with Crippen LogP contribution in [0.2, 0.25) is 0 Å². The molecule has 0 saturated heterocycles. The van der Waals surface area contributed by atoms with Crippen LogP contribution in [0, 0.1) is 45.3 Å². The minimum atomic E-state index is -2.02. The van der Waals surface area contributed by atoms with Crippen molar-refractivity contribution in [2.75, 3.05) is 6.61 Å². The molecule has 0 heterocycles. The van der Waals surface area contributed by atoms with Gasteiger partial charge in [0.1, 0.15) is 24.3 Å². The van der Waals surface area contributed by atoms with E-state index in [4.69, 9.17) is 25.8 Å². The maximum Gasteiger partial charge on any atom is 0.411 e. The van der Waals surface area contributed by atoms with Crippen LogP contribution in [-0.2, 0) is 9.47 Å². The average Bonchev–Trinajstić information content (AvgIpc) is 2.46. The average molecular weight is 273 g/mol. The minimum Gasteiger partial charge on any atom is -0.502 e. The predicted octanol–water partition coefficient (Wildman–Crippen LogP) is 0.855. The zero-order valence-corrected chi connectivity index (χ0v) is 10.9. The van der Waals surface area contributed by atoms with Gasteiger partial charge in [0.2, 0.25) is 5.54 Å². The number of carbonyl (C=O) groups excluding carboxylic acids is 1. The second kappa shape index (κ2) is 7.26. The van der Waals surface area contributed by atoms with Gasteiger partial charge in [-0.05, 0) is 6.92 Å². The first-order valence-corrected chi connectivity index (χ1v) is 5.36. The SMILES string of the molecule is CCO/C=C/C(C#N)(C#N)NC(=O)OC(C)(C#N)C#N. The molecule has 0 aliphatic heterocycles. The van der Waals surface area contributed by atoms with Crippen LogP contribution in [0.15, 0.2) is 12.3 Å². The van der Waals surface area contributed by atoms with Gasteiger partial charge < -0.3 is 9.47 Å². The summed E-state index contributed by atoms with van der Waals surface area (Å²) >= 11 is 0. The molecule has 0 unspecified atom stereocenters. The Morgan fingerprint density at radius 3 is 2.15 bits per heavy atom. The molecule has 1 amide bonds. The van der Waals surface area contributed by atoms with Gasteiger partial charge in [-0.1, -0.05) is 0 Å². The van der Waals surface area contributed by atoms with Crippen molar-refractivity contribution in [1.82, 2.24) is 5.32 Å². The summed E-state index contributed by atoms with van der Waals surface area (Å²) in [4.78, 5) is 11.5. The topological polar surface area (TPSA) is 143 Å². The lowest BCUT2D eigenvalue weighted by Crippen LogP contribution is -2.47. The highest BCUT2D eigenvalue weighted by Crippen LogP contribution is 2.10. The van der Waals surface area contributed by atoms with Gasteiger partial charge in [0.15, 0.2) is 0 Å². The molecular formula is C12H11N5O3. The fourth-order valence-electron chi connectivity index (χ4n) is 0.886. The van der Waals surface area contributed by atoms with Crippen LogP contribution in [0.3, 0.4) is 0 Å². The van der Waals surface area contributed by atoms with Gasteiger partial charge in [-0.2, -0.15) is 21.0 Å². The molecular weight excluding hydrogens is 262 g/mol.